The van der Waals surface area contributed by atoms with Gasteiger partial charge in [0.15, 0.2) is 5.78 Å². The Morgan fingerprint density at radius 2 is 1.71 bits per heavy atom. The van der Waals surface area contributed by atoms with Gasteiger partial charge in [-0.2, -0.15) is 0 Å². The average Bonchev–Trinajstić information content (AvgIpc) is 2.79. The van der Waals surface area contributed by atoms with E-state index in [0.29, 0.717) is 0 Å². The zero-order valence-electron chi connectivity index (χ0n) is 21.5. The van der Waals surface area contributed by atoms with Crippen molar-refractivity contribution in [3.63, 3.8) is 0 Å². The molecule has 0 aliphatic heterocycles. The van der Waals surface area contributed by atoms with Crippen molar-refractivity contribution in [3.05, 3.63) is 77.6 Å². The van der Waals surface area contributed by atoms with Crippen LogP contribution < -0.4 is 0 Å². The minimum Gasteiger partial charge on any atom is -0.512 e. The molecule has 185 valence electrons. The summed E-state index contributed by atoms with van der Waals surface area (Å²) in [6, 6.07) is 20.0. The Balaban J connectivity index is 0.000000338. The van der Waals surface area contributed by atoms with Crippen molar-refractivity contribution in [2.45, 2.75) is 67.7 Å². The number of ketones is 1. The van der Waals surface area contributed by atoms with Gasteiger partial charge in [0.05, 0.1) is 5.52 Å². The molecular weight excluding hydrogens is 599 g/mol. The molecule has 4 heteroatoms. The number of nitrogens with zero attached hydrogens (tertiary/aromatic N) is 1. The molecule has 1 heterocycles. The molecule has 0 atom stereocenters. The maximum absolute atomic E-state index is 11.7. The van der Waals surface area contributed by atoms with E-state index in [1.165, 1.54) is 17.0 Å². The fraction of sp³-hybridized carbons (Fsp3) is 0.400. The van der Waals surface area contributed by atoms with Gasteiger partial charge in [-0.25, -0.2) is 0 Å². The van der Waals surface area contributed by atoms with Crippen LogP contribution >= 0.6 is 0 Å². The Morgan fingerprint density at radius 3 is 2.29 bits per heavy atom. The molecule has 0 spiro atoms. The maximum atomic E-state index is 11.7. The summed E-state index contributed by atoms with van der Waals surface area (Å²) < 4.78 is 0. The number of aliphatic hydroxyl groups excluding tert-OH is 1. The number of hydrogen-bond donors (Lipinski definition) is 1. The van der Waals surface area contributed by atoms with Gasteiger partial charge < -0.3 is 5.11 Å². The van der Waals surface area contributed by atoms with Gasteiger partial charge in [0.1, 0.15) is 5.76 Å². The third-order valence-corrected chi connectivity index (χ3v) is 6.27. The molecule has 1 aromatic heterocycles. The molecule has 0 fully saturated rings. The van der Waals surface area contributed by atoms with Crippen molar-refractivity contribution in [1.29, 1.82) is 0 Å². The number of benzene rings is 2. The number of para-hydroxylation sites is 1. The van der Waals surface area contributed by atoms with Crippen LogP contribution in [0.2, 0.25) is 0 Å². The van der Waals surface area contributed by atoms with Crippen LogP contribution in [-0.2, 0) is 24.9 Å². The van der Waals surface area contributed by atoms with Crippen LogP contribution in [0.5, 0.6) is 0 Å². The van der Waals surface area contributed by atoms with Crippen LogP contribution in [0.15, 0.2) is 60.4 Å². The summed E-state index contributed by atoms with van der Waals surface area (Å²) in [4.78, 5) is 16.4. The second-order valence-electron chi connectivity index (χ2n) is 9.33. The normalized spacial score (nSPS) is 11.6. The van der Waals surface area contributed by atoms with Gasteiger partial charge in [-0.3, -0.25) is 9.78 Å². The number of pyridine rings is 1. The van der Waals surface area contributed by atoms with Crippen LogP contribution in [0.1, 0.15) is 65.0 Å². The molecule has 34 heavy (non-hydrogen) atoms. The number of rotatable bonds is 7. The van der Waals surface area contributed by atoms with Crippen molar-refractivity contribution >= 4 is 16.7 Å². The van der Waals surface area contributed by atoms with Gasteiger partial charge >= 0.3 is 0 Å². The predicted molar refractivity (Wildman–Crippen MR) is 139 cm³/mol. The second-order valence-corrected chi connectivity index (χ2v) is 9.33. The molecule has 3 nitrogen and oxygen atoms in total. The molecule has 0 saturated carbocycles. The molecular formula is C30H38IrNO2-. The number of aromatic nitrogens is 1. The standard InChI is InChI=1S/C17H14N.C13H24O2.Ir/c1-12-9-13(2)11-15(10-12)17-8-7-14-5-3-4-6-16(14)18-17;1-6-10(7-2)11(14)9-12(15)13(4,5)8-3;/h3-10H,1-2H3;9-10,15H,6-8H2,1-5H3;/q-1;;/b;12-9-;. The van der Waals surface area contributed by atoms with Gasteiger partial charge in [0.25, 0.3) is 0 Å². The van der Waals surface area contributed by atoms with E-state index in [-0.39, 0.29) is 43.0 Å². The Hall–Kier alpha value is -2.29. The van der Waals surface area contributed by atoms with E-state index in [2.05, 4.69) is 50.2 Å². The largest absolute Gasteiger partial charge is 0.512 e. The number of hydrogen-bond acceptors (Lipinski definition) is 3. The average molecular weight is 637 g/mol. The summed E-state index contributed by atoms with van der Waals surface area (Å²) in [5, 5.41) is 11.0. The predicted octanol–water partition coefficient (Wildman–Crippen LogP) is 8.19. The quantitative estimate of drug-likeness (QED) is 0.162. The van der Waals surface area contributed by atoms with E-state index in [1.54, 1.807) is 0 Å². The van der Waals surface area contributed by atoms with Gasteiger partial charge in [-0.1, -0.05) is 78.8 Å². The number of carbonyl (C=O) groups excluding carboxylic acids is 1. The second kappa shape index (κ2) is 13.6. The van der Waals surface area contributed by atoms with E-state index in [1.807, 2.05) is 52.8 Å². The van der Waals surface area contributed by atoms with Crippen LogP contribution in [0, 0.1) is 31.2 Å². The summed E-state index contributed by atoms with van der Waals surface area (Å²) in [5.74, 6) is 0.320. The SMILES string of the molecule is CCC(CC)C(=O)/C=C(\O)C(C)(C)CC.Cc1[c-]c(-c2ccc3ccccc3n2)cc(C)c1.[Ir]. The summed E-state index contributed by atoms with van der Waals surface area (Å²) in [6.07, 6.45) is 3.92. The minimum absolute atomic E-state index is 0. The Labute approximate surface area is 219 Å². The van der Waals surface area contributed by atoms with E-state index in [4.69, 9.17) is 4.98 Å². The summed E-state index contributed by atoms with van der Waals surface area (Å²) in [6.45, 7) is 14.1. The topological polar surface area (TPSA) is 50.2 Å². The van der Waals surface area contributed by atoms with Gasteiger partial charge in [0.2, 0.25) is 0 Å². The third-order valence-electron chi connectivity index (χ3n) is 6.27. The molecule has 0 aliphatic rings. The molecule has 0 aliphatic carbocycles. The molecule has 1 radical (unpaired) electrons. The van der Waals surface area contributed by atoms with E-state index < -0.39 is 0 Å². The van der Waals surface area contributed by atoms with Crippen LogP contribution in [0.4, 0.5) is 0 Å². The molecule has 0 bridgehead atoms. The zero-order chi connectivity index (χ0) is 24.6. The Bertz CT molecular complexity index is 1090. The van der Waals surface area contributed by atoms with E-state index in [9.17, 15) is 9.90 Å². The third kappa shape index (κ3) is 8.18. The Kier molecular flexibility index (Phi) is 11.9. The molecule has 2 aromatic carbocycles. The molecule has 0 amide bonds. The number of fused-ring (bicyclic) bond motifs is 1. The number of allylic oxidation sites excluding steroid dienone is 2. The van der Waals surface area contributed by atoms with Crippen molar-refractivity contribution < 1.29 is 30.0 Å². The first kappa shape index (κ1) is 29.7. The van der Waals surface area contributed by atoms with Crippen molar-refractivity contribution in [2.24, 2.45) is 11.3 Å². The number of carbonyl (C=O) groups is 1. The first-order chi connectivity index (χ1) is 15.6. The molecule has 0 unspecified atom stereocenters. The molecule has 3 aromatic rings. The van der Waals surface area contributed by atoms with Gasteiger partial charge in [-0.05, 0) is 36.4 Å². The molecule has 1 N–H and O–H groups in total. The van der Waals surface area contributed by atoms with E-state index in [0.717, 1.165) is 41.6 Å². The fourth-order valence-electron chi connectivity index (χ4n) is 3.57. The number of aryl methyl sites for hydroxylation is 2. The molecule has 3 rings (SSSR count). The smallest absolute Gasteiger partial charge is 0.162 e. The summed E-state index contributed by atoms with van der Waals surface area (Å²) in [5.41, 5.74) is 5.19. The number of aliphatic hydroxyl groups is 1. The first-order valence-corrected chi connectivity index (χ1v) is 11.9. The van der Waals surface area contributed by atoms with Gasteiger partial charge in [0, 0.05) is 37.5 Å². The van der Waals surface area contributed by atoms with Crippen LogP contribution in [-0.4, -0.2) is 15.9 Å². The Morgan fingerprint density at radius 1 is 1.06 bits per heavy atom. The van der Waals surface area contributed by atoms with Crippen molar-refractivity contribution in [2.75, 3.05) is 0 Å². The monoisotopic (exact) mass is 637 g/mol. The van der Waals surface area contributed by atoms with Crippen molar-refractivity contribution in [3.8, 4) is 11.3 Å². The summed E-state index contributed by atoms with van der Waals surface area (Å²) in [7, 11) is 0. The minimum atomic E-state index is -0.290. The fourth-order valence-corrected chi connectivity index (χ4v) is 3.57. The van der Waals surface area contributed by atoms with Gasteiger partial charge in [-0.15, -0.1) is 34.9 Å². The first-order valence-electron chi connectivity index (χ1n) is 11.9. The van der Waals surface area contributed by atoms with Crippen molar-refractivity contribution in [1.82, 2.24) is 4.98 Å². The summed E-state index contributed by atoms with van der Waals surface area (Å²) >= 11 is 0. The maximum Gasteiger partial charge on any atom is 0.162 e. The van der Waals surface area contributed by atoms with E-state index >= 15 is 0 Å². The van der Waals surface area contributed by atoms with Crippen LogP contribution in [0.25, 0.3) is 22.2 Å². The molecule has 0 saturated heterocycles. The van der Waals surface area contributed by atoms with Crippen LogP contribution in [0.3, 0.4) is 0 Å². The zero-order valence-corrected chi connectivity index (χ0v) is 23.9.